The van der Waals surface area contributed by atoms with Crippen molar-refractivity contribution in [1.82, 2.24) is 5.32 Å². The fourth-order valence-electron chi connectivity index (χ4n) is 3.01. The summed E-state index contributed by atoms with van der Waals surface area (Å²) in [5.41, 5.74) is 1.95. The molecule has 0 aromatic carbocycles. The number of anilines is 1. The van der Waals surface area contributed by atoms with Crippen LogP contribution in [0.3, 0.4) is 0 Å². The van der Waals surface area contributed by atoms with Crippen molar-refractivity contribution in [3.05, 3.63) is 38.4 Å². The van der Waals surface area contributed by atoms with E-state index >= 15 is 0 Å². The quantitative estimate of drug-likeness (QED) is 0.504. The fourth-order valence-corrected chi connectivity index (χ4v) is 4.94. The van der Waals surface area contributed by atoms with Gasteiger partial charge in [-0.15, -0.1) is 11.3 Å². The number of methoxy groups -OCH3 is 1. The van der Waals surface area contributed by atoms with Crippen molar-refractivity contribution in [2.75, 3.05) is 32.2 Å². The number of carbonyl (C=O) groups is 3. The summed E-state index contributed by atoms with van der Waals surface area (Å²) in [4.78, 5) is 38.0. The molecule has 0 radical (unpaired) electrons. The van der Waals surface area contributed by atoms with E-state index in [0.29, 0.717) is 29.3 Å². The molecule has 0 bridgehead atoms. The van der Waals surface area contributed by atoms with Gasteiger partial charge in [0.15, 0.2) is 6.61 Å². The highest BCUT2D eigenvalue weighted by Gasteiger charge is 2.26. The van der Waals surface area contributed by atoms with Crippen molar-refractivity contribution in [2.24, 2.45) is 0 Å². The number of thiophene rings is 2. The maximum absolute atomic E-state index is 12.7. The second-order valence-corrected chi connectivity index (χ2v) is 8.19. The van der Waals surface area contributed by atoms with Gasteiger partial charge in [0, 0.05) is 23.9 Å². The van der Waals surface area contributed by atoms with Crippen LogP contribution in [0.4, 0.5) is 5.00 Å². The molecule has 2 N–H and O–H groups in total. The second-order valence-electron chi connectivity index (χ2n) is 6.30. The lowest BCUT2D eigenvalue weighted by Crippen LogP contribution is -2.29. The lowest BCUT2D eigenvalue weighted by atomic mass is 9.95. The zero-order chi connectivity index (χ0) is 19.9. The molecule has 0 atom stereocenters. The van der Waals surface area contributed by atoms with E-state index in [4.69, 9.17) is 9.47 Å². The van der Waals surface area contributed by atoms with Crippen molar-refractivity contribution >= 4 is 45.5 Å². The van der Waals surface area contributed by atoms with Gasteiger partial charge in [-0.3, -0.25) is 9.59 Å². The van der Waals surface area contributed by atoms with Crippen LogP contribution in [-0.2, 0) is 27.1 Å². The first-order valence-electron chi connectivity index (χ1n) is 9.01. The smallest absolute Gasteiger partial charge is 0.339 e. The van der Waals surface area contributed by atoms with Gasteiger partial charge in [-0.25, -0.2) is 4.79 Å². The molecule has 9 heteroatoms. The Morgan fingerprint density at radius 2 is 2.04 bits per heavy atom. The summed E-state index contributed by atoms with van der Waals surface area (Å²) in [5.74, 6) is -1.23. The molecule has 0 fully saturated rings. The summed E-state index contributed by atoms with van der Waals surface area (Å²) in [6.45, 7) is 0.409. The molecular weight excluding hydrogens is 400 g/mol. The summed E-state index contributed by atoms with van der Waals surface area (Å²) >= 11 is 2.81. The molecule has 0 unspecified atom stereocenters. The topological polar surface area (TPSA) is 93.7 Å². The molecule has 0 saturated heterocycles. The van der Waals surface area contributed by atoms with E-state index in [2.05, 4.69) is 10.6 Å². The number of hydrogen-bond acceptors (Lipinski definition) is 7. The van der Waals surface area contributed by atoms with Crippen molar-refractivity contribution in [3.63, 3.8) is 0 Å². The van der Waals surface area contributed by atoms with Crippen molar-refractivity contribution in [1.29, 1.82) is 0 Å². The van der Waals surface area contributed by atoms with Crippen LogP contribution in [0.2, 0.25) is 0 Å². The Bertz CT molecular complexity index is 845. The molecule has 7 nitrogen and oxygen atoms in total. The number of aryl methyl sites for hydroxylation is 1. The van der Waals surface area contributed by atoms with Crippen LogP contribution in [0.5, 0.6) is 0 Å². The number of fused-ring (bicyclic) bond motifs is 1. The van der Waals surface area contributed by atoms with Crippen LogP contribution in [0, 0.1) is 0 Å². The molecule has 1 aliphatic carbocycles. The molecule has 0 spiro atoms. The van der Waals surface area contributed by atoms with E-state index < -0.39 is 18.5 Å². The Balaban J connectivity index is 1.68. The first-order valence-corrected chi connectivity index (χ1v) is 10.8. The highest BCUT2D eigenvalue weighted by molar-refractivity contribution is 7.17. The van der Waals surface area contributed by atoms with E-state index in [-0.39, 0.29) is 5.91 Å². The van der Waals surface area contributed by atoms with E-state index in [1.807, 2.05) is 0 Å². The molecule has 2 aromatic rings. The lowest BCUT2D eigenvalue weighted by Gasteiger charge is -2.13. The third kappa shape index (κ3) is 4.98. The molecular formula is C19H22N2O5S2. The highest BCUT2D eigenvalue weighted by atomic mass is 32.1. The number of esters is 1. The molecule has 0 saturated carbocycles. The number of nitrogens with one attached hydrogen (secondary N) is 2. The number of hydrogen-bond donors (Lipinski definition) is 2. The Labute approximate surface area is 171 Å². The Kier molecular flexibility index (Phi) is 7.18. The first-order chi connectivity index (χ1) is 13.6. The van der Waals surface area contributed by atoms with Gasteiger partial charge in [0.05, 0.1) is 17.7 Å². The van der Waals surface area contributed by atoms with Gasteiger partial charge in [0.25, 0.3) is 11.8 Å². The van der Waals surface area contributed by atoms with Crippen molar-refractivity contribution in [2.45, 2.75) is 25.7 Å². The first kappa shape index (κ1) is 20.5. The van der Waals surface area contributed by atoms with E-state index in [0.717, 1.165) is 36.1 Å². The minimum Gasteiger partial charge on any atom is -0.452 e. The molecule has 1 aliphatic rings. The van der Waals surface area contributed by atoms with Crippen LogP contribution < -0.4 is 10.6 Å². The van der Waals surface area contributed by atoms with Crippen LogP contribution in [-0.4, -0.2) is 44.7 Å². The maximum Gasteiger partial charge on any atom is 0.339 e. The van der Waals surface area contributed by atoms with Gasteiger partial charge in [-0.1, -0.05) is 0 Å². The largest absolute Gasteiger partial charge is 0.452 e. The standard InChI is InChI=1S/C19H22N2O5S2/c1-25-8-7-20-17(23)16-13-4-2-3-5-14(13)28-18(16)21-15(22)10-26-19(24)12-6-9-27-11-12/h6,9,11H,2-5,7-8,10H2,1H3,(H,20,23)(H,21,22). The maximum atomic E-state index is 12.7. The summed E-state index contributed by atoms with van der Waals surface area (Å²) in [5, 5.41) is 9.52. The zero-order valence-electron chi connectivity index (χ0n) is 15.5. The minimum absolute atomic E-state index is 0.220. The summed E-state index contributed by atoms with van der Waals surface area (Å²) in [6.07, 6.45) is 3.82. The van der Waals surface area contributed by atoms with Gasteiger partial charge in [0.1, 0.15) is 5.00 Å². The molecule has 28 heavy (non-hydrogen) atoms. The monoisotopic (exact) mass is 422 g/mol. The van der Waals surface area contributed by atoms with E-state index in [1.165, 1.54) is 22.7 Å². The Morgan fingerprint density at radius 3 is 2.79 bits per heavy atom. The molecule has 2 heterocycles. The van der Waals surface area contributed by atoms with Crippen molar-refractivity contribution < 1.29 is 23.9 Å². The molecule has 3 rings (SSSR count). The van der Waals surface area contributed by atoms with Gasteiger partial charge >= 0.3 is 5.97 Å². The van der Waals surface area contributed by atoms with Crippen molar-refractivity contribution in [3.8, 4) is 0 Å². The molecule has 2 amide bonds. The predicted molar refractivity (Wildman–Crippen MR) is 108 cm³/mol. The number of amides is 2. The fraction of sp³-hybridized carbons (Fsp3) is 0.421. The third-order valence-electron chi connectivity index (χ3n) is 4.33. The van der Waals surface area contributed by atoms with Gasteiger partial charge in [0.2, 0.25) is 0 Å². The normalized spacial score (nSPS) is 12.9. The van der Waals surface area contributed by atoms with Gasteiger partial charge < -0.3 is 20.1 Å². The van der Waals surface area contributed by atoms with Gasteiger partial charge in [-0.2, -0.15) is 11.3 Å². The lowest BCUT2D eigenvalue weighted by molar-refractivity contribution is -0.119. The zero-order valence-corrected chi connectivity index (χ0v) is 17.2. The number of rotatable bonds is 8. The van der Waals surface area contributed by atoms with E-state index in [9.17, 15) is 14.4 Å². The molecule has 0 aliphatic heterocycles. The third-order valence-corrected chi connectivity index (χ3v) is 6.22. The summed E-state index contributed by atoms with van der Waals surface area (Å²) in [6, 6.07) is 1.64. The minimum atomic E-state index is -0.542. The average molecular weight is 423 g/mol. The van der Waals surface area contributed by atoms with Crippen LogP contribution in [0.1, 0.15) is 44.0 Å². The highest BCUT2D eigenvalue weighted by Crippen LogP contribution is 2.38. The molecule has 150 valence electrons. The number of ether oxygens (including phenoxy) is 2. The van der Waals surface area contributed by atoms with E-state index in [1.54, 1.807) is 23.9 Å². The van der Waals surface area contributed by atoms with Crippen LogP contribution in [0.25, 0.3) is 0 Å². The number of carbonyl (C=O) groups excluding carboxylic acids is 3. The van der Waals surface area contributed by atoms with Gasteiger partial charge in [-0.05, 0) is 42.7 Å². The molecule has 2 aromatic heterocycles. The Morgan fingerprint density at radius 1 is 1.21 bits per heavy atom. The summed E-state index contributed by atoms with van der Waals surface area (Å²) < 4.78 is 10.0. The van der Waals surface area contributed by atoms with Crippen LogP contribution in [0.15, 0.2) is 16.8 Å². The Hall–Kier alpha value is -2.23. The second kappa shape index (κ2) is 9.81. The SMILES string of the molecule is COCCNC(=O)c1c(NC(=O)COC(=O)c2ccsc2)sc2c1CCCC2. The predicted octanol–water partition coefficient (Wildman–Crippen LogP) is 2.86. The summed E-state index contributed by atoms with van der Waals surface area (Å²) in [7, 11) is 1.57. The van der Waals surface area contributed by atoms with Crippen LogP contribution >= 0.6 is 22.7 Å². The average Bonchev–Trinajstić information content (AvgIpc) is 3.34.